The molecule has 138 valence electrons. The van der Waals surface area contributed by atoms with Gasteiger partial charge in [0, 0.05) is 17.5 Å². The Morgan fingerprint density at radius 3 is 2.54 bits per heavy atom. The van der Waals surface area contributed by atoms with Gasteiger partial charge >= 0.3 is 0 Å². The predicted octanol–water partition coefficient (Wildman–Crippen LogP) is 5.14. The molecule has 1 heterocycles. The van der Waals surface area contributed by atoms with Crippen molar-refractivity contribution < 1.29 is 9.26 Å². The molecule has 2 aromatic carbocycles. The summed E-state index contributed by atoms with van der Waals surface area (Å²) >= 11 is 0. The van der Waals surface area contributed by atoms with Crippen LogP contribution in [0.25, 0.3) is 23.1 Å². The lowest BCUT2D eigenvalue weighted by Crippen LogP contribution is -2.27. The first kappa shape index (κ1) is 20.0. The standard InChI is InChI=1S/C21H24N2O2.ClH/c1-3-23(4-2)15-16-24-20-11-7-5-9-17(20)13-14-19-18-10-6-8-12-21(18)25-22-19;/h5-14H,3-4,15-16H2,1-2H3;1H. The lowest BCUT2D eigenvalue weighted by Gasteiger charge is -2.18. The summed E-state index contributed by atoms with van der Waals surface area (Å²) in [7, 11) is 0. The molecule has 0 atom stereocenters. The third-order valence-electron chi connectivity index (χ3n) is 4.30. The van der Waals surface area contributed by atoms with Crippen molar-refractivity contribution in [3.63, 3.8) is 0 Å². The highest BCUT2D eigenvalue weighted by Crippen LogP contribution is 2.23. The Morgan fingerprint density at radius 2 is 1.73 bits per heavy atom. The van der Waals surface area contributed by atoms with Gasteiger partial charge in [0.25, 0.3) is 0 Å². The van der Waals surface area contributed by atoms with Gasteiger partial charge in [-0.3, -0.25) is 0 Å². The highest BCUT2D eigenvalue weighted by molar-refractivity contribution is 5.88. The molecule has 0 amide bonds. The lowest BCUT2D eigenvalue weighted by atomic mass is 10.1. The summed E-state index contributed by atoms with van der Waals surface area (Å²) in [6.07, 6.45) is 4.00. The molecule has 0 aliphatic rings. The van der Waals surface area contributed by atoms with Gasteiger partial charge in [-0.1, -0.05) is 49.3 Å². The molecule has 0 spiro atoms. The number of fused-ring (bicyclic) bond motifs is 1. The van der Waals surface area contributed by atoms with Crippen molar-refractivity contribution in [2.24, 2.45) is 0 Å². The van der Waals surface area contributed by atoms with Crippen molar-refractivity contribution in [1.82, 2.24) is 10.1 Å². The first-order valence-electron chi connectivity index (χ1n) is 8.78. The number of aromatic nitrogens is 1. The van der Waals surface area contributed by atoms with E-state index in [1.54, 1.807) is 0 Å². The van der Waals surface area contributed by atoms with E-state index in [4.69, 9.17) is 9.26 Å². The van der Waals surface area contributed by atoms with Gasteiger partial charge in [0.1, 0.15) is 18.1 Å². The number of ether oxygens (including phenoxy) is 1. The van der Waals surface area contributed by atoms with Crippen LogP contribution in [0.2, 0.25) is 0 Å². The van der Waals surface area contributed by atoms with Crippen molar-refractivity contribution in [3.8, 4) is 5.75 Å². The maximum absolute atomic E-state index is 5.99. The number of para-hydroxylation sites is 2. The van der Waals surface area contributed by atoms with Crippen molar-refractivity contribution in [2.75, 3.05) is 26.2 Å². The molecule has 0 aliphatic heterocycles. The quantitative estimate of drug-likeness (QED) is 0.548. The molecule has 4 nitrogen and oxygen atoms in total. The summed E-state index contributed by atoms with van der Waals surface area (Å²) < 4.78 is 11.3. The minimum Gasteiger partial charge on any atom is -0.492 e. The van der Waals surface area contributed by atoms with Gasteiger partial charge in [0.15, 0.2) is 5.58 Å². The van der Waals surface area contributed by atoms with Crippen LogP contribution >= 0.6 is 12.4 Å². The third kappa shape index (κ3) is 4.87. The summed E-state index contributed by atoms with van der Waals surface area (Å²) in [5.74, 6) is 0.888. The molecule has 0 saturated heterocycles. The van der Waals surface area contributed by atoms with Gasteiger partial charge in [-0.05, 0) is 43.4 Å². The first-order valence-corrected chi connectivity index (χ1v) is 8.78. The average molecular weight is 373 g/mol. The Kier molecular flexibility index (Phi) is 7.70. The second kappa shape index (κ2) is 10.00. The number of nitrogens with zero attached hydrogens (tertiary/aromatic N) is 2. The Morgan fingerprint density at radius 1 is 1.00 bits per heavy atom. The van der Waals surface area contributed by atoms with E-state index in [-0.39, 0.29) is 12.4 Å². The van der Waals surface area contributed by atoms with Crippen LogP contribution in [0.3, 0.4) is 0 Å². The van der Waals surface area contributed by atoms with Gasteiger partial charge in [-0.2, -0.15) is 0 Å². The highest BCUT2D eigenvalue weighted by atomic mass is 35.5. The van der Waals surface area contributed by atoms with Crippen LogP contribution in [0.5, 0.6) is 5.75 Å². The molecule has 3 aromatic rings. The van der Waals surface area contributed by atoms with Crippen molar-refractivity contribution in [3.05, 3.63) is 59.8 Å². The third-order valence-corrected chi connectivity index (χ3v) is 4.30. The molecule has 0 N–H and O–H groups in total. The molecule has 0 bridgehead atoms. The molecule has 26 heavy (non-hydrogen) atoms. The molecule has 0 saturated carbocycles. The molecule has 0 fully saturated rings. The fourth-order valence-electron chi connectivity index (χ4n) is 2.77. The maximum atomic E-state index is 5.99. The van der Waals surface area contributed by atoms with Gasteiger partial charge in [0.05, 0.1) is 0 Å². The summed E-state index contributed by atoms with van der Waals surface area (Å²) in [5, 5.41) is 5.15. The molecule has 0 radical (unpaired) electrons. The number of benzene rings is 2. The summed E-state index contributed by atoms with van der Waals surface area (Å²) in [5.41, 5.74) is 2.66. The van der Waals surface area contributed by atoms with E-state index in [2.05, 4.69) is 23.9 Å². The number of likely N-dealkylation sites (N-methyl/N-ethyl adjacent to an activating group) is 1. The number of hydrogen-bond donors (Lipinski definition) is 0. The Balaban J connectivity index is 0.00000243. The van der Waals surface area contributed by atoms with E-state index in [9.17, 15) is 0 Å². The molecular formula is C21H25ClN2O2. The Labute approximate surface area is 160 Å². The van der Waals surface area contributed by atoms with E-state index in [1.807, 2.05) is 60.7 Å². The van der Waals surface area contributed by atoms with Crippen LogP contribution in [0.1, 0.15) is 25.1 Å². The van der Waals surface area contributed by atoms with Crippen molar-refractivity contribution in [1.29, 1.82) is 0 Å². The topological polar surface area (TPSA) is 38.5 Å². The fourth-order valence-corrected chi connectivity index (χ4v) is 2.77. The molecule has 0 aliphatic carbocycles. The lowest BCUT2D eigenvalue weighted by molar-refractivity contribution is 0.222. The van der Waals surface area contributed by atoms with Gasteiger partial charge in [0.2, 0.25) is 0 Å². The van der Waals surface area contributed by atoms with E-state index >= 15 is 0 Å². The minimum atomic E-state index is 0. The van der Waals surface area contributed by atoms with Gasteiger partial charge < -0.3 is 14.2 Å². The first-order chi connectivity index (χ1) is 12.3. The monoisotopic (exact) mass is 372 g/mol. The zero-order chi connectivity index (χ0) is 17.5. The van der Waals surface area contributed by atoms with Crippen molar-refractivity contribution >= 4 is 35.5 Å². The van der Waals surface area contributed by atoms with Crippen LogP contribution in [-0.2, 0) is 0 Å². The molecule has 5 heteroatoms. The van der Waals surface area contributed by atoms with E-state index in [0.717, 1.165) is 47.6 Å². The maximum Gasteiger partial charge on any atom is 0.167 e. The van der Waals surface area contributed by atoms with E-state index in [0.29, 0.717) is 6.61 Å². The van der Waals surface area contributed by atoms with Crippen LogP contribution in [0.4, 0.5) is 0 Å². The highest BCUT2D eigenvalue weighted by Gasteiger charge is 2.05. The normalized spacial score (nSPS) is 11.2. The zero-order valence-corrected chi connectivity index (χ0v) is 16.0. The number of rotatable bonds is 8. The fraction of sp³-hybridized carbons (Fsp3) is 0.286. The molecule has 1 aromatic heterocycles. The van der Waals surface area contributed by atoms with Gasteiger partial charge in [-0.15, -0.1) is 12.4 Å². The summed E-state index contributed by atoms with van der Waals surface area (Å²) in [6.45, 7) is 8.03. The minimum absolute atomic E-state index is 0. The Bertz CT molecular complexity index is 841. The van der Waals surface area contributed by atoms with Gasteiger partial charge in [-0.25, -0.2) is 0 Å². The van der Waals surface area contributed by atoms with E-state index < -0.39 is 0 Å². The molecular weight excluding hydrogens is 348 g/mol. The zero-order valence-electron chi connectivity index (χ0n) is 15.2. The van der Waals surface area contributed by atoms with Crippen LogP contribution in [-0.4, -0.2) is 36.3 Å². The second-order valence-electron chi connectivity index (χ2n) is 5.81. The number of hydrogen-bond acceptors (Lipinski definition) is 4. The second-order valence-corrected chi connectivity index (χ2v) is 5.81. The molecule has 0 unspecified atom stereocenters. The van der Waals surface area contributed by atoms with Crippen LogP contribution < -0.4 is 4.74 Å². The van der Waals surface area contributed by atoms with Crippen molar-refractivity contribution in [2.45, 2.75) is 13.8 Å². The Hall–Kier alpha value is -2.30. The predicted molar refractivity (Wildman–Crippen MR) is 110 cm³/mol. The average Bonchev–Trinajstić information content (AvgIpc) is 3.07. The van der Waals surface area contributed by atoms with Crippen LogP contribution in [0.15, 0.2) is 53.1 Å². The molecule has 3 rings (SSSR count). The SMILES string of the molecule is CCN(CC)CCOc1ccccc1C=Cc1noc2ccccc12.Cl. The summed E-state index contributed by atoms with van der Waals surface area (Å²) in [4.78, 5) is 2.35. The van der Waals surface area contributed by atoms with Crippen LogP contribution in [0, 0.1) is 0 Å². The summed E-state index contributed by atoms with van der Waals surface area (Å²) in [6, 6.07) is 15.9. The largest absolute Gasteiger partial charge is 0.492 e. The smallest absolute Gasteiger partial charge is 0.167 e. The van der Waals surface area contributed by atoms with E-state index in [1.165, 1.54) is 0 Å². The number of halogens is 1.